The fourth-order valence-electron chi connectivity index (χ4n) is 1.50. The molecule has 0 saturated heterocycles. The zero-order valence-corrected chi connectivity index (χ0v) is 7.17. The van der Waals surface area contributed by atoms with E-state index >= 15 is 0 Å². The SMILES string of the molecule is [C-]#[N+]c1ccc(C)cc1C1CC1. The highest BCUT2D eigenvalue weighted by molar-refractivity contribution is 5.56. The highest BCUT2D eigenvalue weighted by Gasteiger charge is 2.25. The first-order valence-corrected chi connectivity index (χ1v) is 4.29. The van der Waals surface area contributed by atoms with E-state index in [2.05, 4.69) is 17.8 Å². The third kappa shape index (κ3) is 1.21. The van der Waals surface area contributed by atoms with Crippen LogP contribution in [0.1, 0.15) is 29.9 Å². The van der Waals surface area contributed by atoms with E-state index in [-0.39, 0.29) is 0 Å². The van der Waals surface area contributed by atoms with Gasteiger partial charge < -0.3 is 0 Å². The molecule has 2 rings (SSSR count). The summed E-state index contributed by atoms with van der Waals surface area (Å²) in [6, 6.07) is 6.11. The molecule has 0 aromatic heterocycles. The lowest BCUT2D eigenvalue weighted by Crippen LogP contribution is -1.81. The summed E-state index contributed by atoms with van der Waals surface area (Å²) in [6.45, 7) is 9.08. The van der Waals surface area contributed by atoms with Gasteiger partial charge in [0.2, 0.25) is 0 Å². The topological polar surface area (TPSA) is 4.36 Å². The maximum atomic E-state index is 7.00. The number of rotatable bonds is 1. The third-order valence-electron chi connectivity index (χ3n) is 2.32. The van der Waals surface area contributed by atoms with Gasteiger partial charge in [0.15, 0.2) is 5.69 Å². The second-order valence-corrected chi connectivity index (χ2v) is 3.45. The second-order valence-electron chi connectivity index (χ2n) is 3.45. The number of benzene rings is 1. The van der Waals surface area contributed by atoms with Crippen molar-refractivity contribution in [1.29, 1.82) is 0 Å². The highest BCUT2D eigenvalue weighted by Crippen LogP contribution is 2.44. The van der Waals surface area contributed by atoms with Gasteiger partial charge in [-0.3, -0.25) is 0 Å². The van der Waals surface area contributed by atoms with Gasteiger partial charge >= 0.3 is 0 Å². The lowest BCUT2D eigenvalue weighted by molar-refractivity contribution is 1.13. The van der Waals surface area contributed by atoms with Crippen molar-refractivity contribution in [2.24, 2.45) is 0 Å². The molecule has 1 saturated carbocycles. The van der Waals surface area contributed by atoms with Gasteiger partial charge in [-0.15, -0.1) is 0 Å². The van der Waals surface area contributed by atoms with E-state index in [0.29, 0.717) is 5.92 Å². The largest absolute Gasteiger partial charge is 0.238 e. The summed E-state index contributed by atoms with van der Waals surface area (Å²) in [4.78, 5) is 3.52. The van der Waals surface area contributed by atoms with Crippen molar-refractivity contribution >= 4 is 5.69 Å². The smallest absolute Gasteiger partial charge is 0.190 e. The van der Waals surface area contributed by atoms with Gasteiger partial charge in [0.05, 0.1) is 6.57 Å². The fourth-order valence-corrected chi connectivity index (χ4v) is 1.50. The summed E-state index contributed by atoms with van der Waals surface area (Å²) in [5.41, 5.74) is 3.39. The Morgan fingerprint density at radius 2 is 2.17 bits per heavy atom. The number of hydrogen-bond acceptors (Lipinski definition) is 0. The predicted octanol–water partition coefficient (Wildman–Crippen LogP) is 3.42. The van der Waals surface area contributed by atoms with Crippen LogP contribution in [0.15, 0.2) is 18.2 Å². The number of nitrogens with zero attached hydrogens (tertiary/aromatic N) is 1. The van der Waals surface area contributed by atoms with E-state index in [9.17, 15) is 0 Å². The molecule has 0 amide bonds. The zero-order chi connectivity index (χ0) is 8.55. The van der Waals surface area contributed by atoms with Crippen LogP contribution in [0.3, 0.4) is 0 Å². The van der Waals surface area contributed by atoms with Crippen LogP contribution >= 0.6 is 0 Å². The van der Waals surface area contributed by atoms with Crippen molar-refractivity contribution in [3.8, 4) is 0 Å². The number of aryl methyl sites for hydroxylation is 1. The molecule has 1 aliphatic carbocycles. The Morgan fingerprint density at radius 3 is 2.75 bits per heavy atom. The van der Waals surface area contributed by atoms with Crippen molar-refractivity contribution < 1.29 is 0 Å². The molecule has 0 spiro atoms. The summed E-state index contributed by atoms with van der Waals surface area (Å²) < 4.78 is 0. The molecule has 0 radical (unpaired) electrons. The molecule has 0 atom stereocenters. The van der Waals surface area contributed by atoms with E-state index in [1.54, 1.807) is 0 Å². The molecular formula is C11H11N. The fraction of sp³-hybridized carbons (Fsp3) is 0.364. The van der Waals surface area contributed by atoms with Crippen molar-refractivity contribution in [2.45, 2.75) is 25.7 Å². The van der Waals surface area contributed by atoms with Crippen LogP contribution in [0.2, 0.25) is 0 Å². The minimum atomic E-state index is 0.689. The van der Waals surface area contributed by atoms with Crippen molar-refractivity contribution in [2.75, 3.05) is 0 Å². The molecule has 0 aliphatic heterocycles. The first kappa shape index (κ1) is 7.36. The molecule has 0 N–H and O–H groups in total. The highest BCUT2D eigenvalue weighted by atomic mass is 14.7. The van der Waals surface area contributed by atoms with Crippen LogP contribution < -0.4 is 0 Å². The molecule has 0 bridgehead atoms. The van der Waals surface area contributed by atoms with Gasteiger partial charge in [-0.25, -0.2) is 4.85 Å². The van der Waals surface area contributed by atoms with Gasteiger partial charge in [-0.05, 0) is 31.2 Å². The average Bonchev–Trinajstić information content (AvgIpc) is 2.87. The van der Waals surface area contributed by atoms with E-state index in [4.69, 9.17) is 6.57 Å². The summed E-state index contributed by atoms with van der Waals surface area (Å²) in [7, 11) is 0. The monoisotopic (exact) mass is 157 g/mol. The molecule has 1 aliphatic rings. The molecule has 0 unspecified atom stereocenters. The van der Waals surface area contributed by atoms with Gasteiger partial charge in [0.1, 0.15) is 0 Å². The van der Waals surface area contributed by atoms with E-state index < -0.39 is 0 Å². The summed E-state index contributed by atoms with van der Waals surface area (Å²) >= 11 is 0. The quantitative estimate of drug-likeness (QED) is 0.550. The molecular weight excluding hydrogens is 146 g/mol. The molecule has 1 aromatic rings. The Hall–Kier alpha value is -1.29. The standard InChI is InChI=1S/C11H11N/c1-8-3-6-11(12-2)10(7-8)9-4-5-9/h3,6-7,9H,4-5H2,1H3. The van der Waals surface area contributed by atoms with E-state index in [1.807, 2.05) is 12.1 Å². The van der Waals surface area contributed by atoms with Gasteiger partial charge in [-0.2, -0.15) is 0 Å². The van der Waals surface area contributed by atoms with Crippen LogP contribution in [0.4, 0.5) is 5.69 Å². The summed E-state index contributed by atoms with van der Waals surface area (Å²) in [6.07, 6.45) is 2.54. The van der Waals surface area contributed by atoms with Crippen molar-refractivity contribution in [3.63, 3.8) is 0 Å². The van der Waals surface area contributed by atoms with Crippen molar-refractivity contribution in [3.05, 3.63) is 40.7 Å². The first-order valence-electron chi connectivity index (χ1n) is 4.29. The maximum absolute atomic E-state index is 7.00. The molecule has 12 heavy (non-hydrogen) atoms. The van der Waals surface area contributed by atoms with Crippen LogP contribution in [-0.4, -0.2) is 0 Å². The Kier molecular flexibility index (Phi) is 1.62. The summed E-state index contributed by atoms with van der Waals surface area (Å²) in [5, 5.41) is 0. The average molecular weight is 157 g/mol. The molecule has 1 fully saturated rings. The minimum Gasteiger partial charge on any atom is -0.238 e. The third-order valence-corrected chi connectivity index (χ3v) is 2.32. The van der Waals surface area contributed by atoms with Crippen LogP contribution in [-0.2, 0) is 0 Å². The molecule has 0 heterocycles. The Balaban J connectivity index is 2.48. The molecule has 1 heteroatoms. The van der Waals surface area contributed by atoms with E-state index in [0.717, 1.165) is 5.69 Å². The Labute approximate surface area is 72.9 Å². The van der Waals surface area contributed by atoms with Gasteiger partial charge in [-0.1, -0.05) is 23.8 Å². The first-order chi connectivity index (χ1) is 5.81. The summed E-state index contributed by atoms with van der Waals surface area (Å²) in [5.74, 6) is 0.689. The zero-order valence-electron chi connectivity index (χ0n) is 7.17. The minimum absolute atomic E-state index is 0.689. The Bertz CT molecular complexity index is 343. The van der Waals surface area contributed by atoms with Gasteiger partial charge in [0.25, 0.3) is 0 Å². The molecule has 1 aromatic carbocycles. The lowest BCUT2D eigenvalue weighted by Gasteiger charge is -2.02. The molecule has 1 nitrogen and oxygen atoms in total. The number of hydrogen-bond donors (Lipinski definition) is 0. The van der Waals surface area contributed by atoms with Crippen LogP contribution in [0.5, 0.6) is 0 Å². The van der Waals surface area contributed by atoms with E-state index in [1.165, 1.54) is 24.0 Å². The lowest BCUT2D eigenvalue weighted by atomic mass is 10.1. The Morgan fingerprint density at radius 1 is 1.42 bits per heavy atom. The maximum Gasteiger partial charge on any atom is 0.190 e. The van der Waals surface area contributed by atoms with Crippen molar-refractivity contribution in [1.82, 2.24) is 0 Å². The van der Waals surface area contributed by atoms with Gasteiger partial charge in [0, 0.05) is 0 Å². The molecule has 60 valence electrons. The normalized spacial score (nSPS) is 15.7. The van der Waals surface area contributed by atoms with Crippen LogP contribution in [0.25, 0.3) is 4.85 Å². The predicted molar refractivity (Wildman–Crippen MR) is 49.4 cm³/mol. The van der Waals surface area contributed by atoms with Crippen LogP contribution in [0, 0.1) is 13.5 Å². The second kappa shape index (κ2) is 2.64.